The number of unbranched alkanes of at least 4 members (excludes halogenated alkanes) is 6. The number of carbonyl (C=O) groups is 2. The van der Waals surface area contributed by atoms with Crippen molar-refractivity contribution in [3.63, 3.8) is 0 Å². The number of hydrogen-bond donors (Lipinski definition) is 1. The molecule has 0 fully saturated rings. The average molecular weight is 658 g/mol. The van der Waals surface area contributed by atoms with Gasteiger partial charge in [0.15, 0.2) is 0 Å². The molecule has 0 aromatic heterocycles. The van der Waals surface area contributed by atoms with Crippen LogP contribution in [0, 0.1) is 0 Å². The van der Waals surface area contributed by atoms with Crippen molar-refractivity contribution < 1.29 is 52.2 Å². The minimum Gasteiger partial charge on any atom is -0.463 e. The summed E-state index contributed by atoms with van der Waals surface area (Å²) in [6.45, 7) is 9.47. The molecule has 266 valence electrons. The van der Waals surface area contributed by atoms with Crippen molar-refractivity contribution in [2.75, 3.05) is 106 Å². The molecule has 0 bridgehead atoms. The summed E-state index contributed by atoms with van der Waals surface area (Å²) in [7, 11) is 0. The second-order valence-corrected chi connectivity index (χ2v) is 10.4. The Bertz CT molecular complexity index is 801. The normalized spacial score (nSPS) is 11.1. The van der Waals surface area contributed by atoms with Crippen LogP contribution in [0.2, 0.25) is 0 Å². The summed E-state index contributed by atoms with van der Waals surface area (Å²) in [6.07, 6.45) is 8.30. The first-order valence-corrected chi connectivity index (χ1v) is 16.9. The summed E-state index contributed by atoms with van der Waals surface area (Å²) >= 11 is 0. The zero-order chi connectivity index (χ0) is 33.0. The number of alkyl carbamates (subject to hydrolysis) is 1. The molecule has 1 aromatic rings. The lowest BCUT2D eigenvalue weighted by atomic mass is 10.1. The third-order valence-electron chi connectivity index (χ3n) is 6.44. The molecule has 1 amide bonds. The molecule has 0 radical (unpaired) electrons. The molecule has 0 saturated carbocycles. The molecule has 0 heterocycles. The van der Waals surface area contributed by atoms with Crippen LogP contribution in [0.1, 0.15) is 63.9 Å². The molecule has 12 nitrogen and oxygen atoms in total. The molecular weight excluding hydrogens is 598 g/mol. The highest BCUT2D eigenvalue weighted by atomic mass is 16.6. The Hall–Kier alpha value is -2.32. The standard InChI is InChI=1S/C34H59NO11/c1-2-3-4-5-6-7-11-14-33(36)45-30-29-44-28-27-43-26-25-42-24-23-41-22-21-40-20-19-39-18-17-38-16-15-35-34(37)46-31-32-12-9-8-10-13-32/h8-10,12-13H,2-7,11,14-31H2,1H3,(H,35,37). The smallest absolute Gasteiger partial charge is 0.407 e. The molecule has 0 atom stereocenters. The number of amides is 1. The van der Waals surface area contributed by atoms with Crippen molar-refractivity contribution in [3.05, 3.63) is 35.9 Å². The van der Waals surface area contributed by atoms with E-state index in [1.54, 1.807) is 0 Å². The molecule has 0 aliphatic rings. The van der Waals surface area contributed by atoms with E-state index in [9.17, 15) is 9.59 Å². The lowest BCUT2D eigenvalue weighted by Crippen LogP contribution is -2.28. The van der Waals surface area contributed by atoms with Crippen LogP contribution in [0.3, 0.4) is 0 Å². The van der Waals surface area contributed by atoms with Gasteiger partial charge in [0.1, 0.15) is 13.2 Å². The number of nitrogens with one attached hydrogen (secondary N) is 1. The Morgan fingerprint density at radius 2 is 0.957 bits per heavy atom. The molecular formula is C34H59NO11. The number of carbonyl (C=O) groups excluding carboxylic acids is 2. The zero-order valence-electron chi connectivity index (χ0n) is 28.1. The van der Waals surface area contributed by atoms with Crippen molar-refractivity contribution in [1.29, 1.82) is 0 Å². The second kappa shape index (κ2) is 34.0. The first-order chi connectivity index (χ1) is 22.7. The highest BCUT2D eigenvalue weighted by Crippen LogP contribution is 2.08. The number of benzene rings is 1. The molecule has 0 aliphatic heterocycles. The SMILES string of the molecule is CCCCCCCCCC(=O)OCCOCCOCCOCCOCCOCCOCCOCCNC(=O)OCc1ccccc1. The van der Waals surface area contributed by atoms with Gasteiger partial charge in [-0.3, -0.25) is 4.79 Å². The third kappa shape index (κ3) is 30.3. The molecule has 0 saturated heterocycles. The van der Waals surface area contributed by atoms with Gasteiger partial charge < -0.3 is 47.9 Å². The second-order valence-electron chi connectivity index (χ2n) is 10.4. The van der Waals surface area contributed by atoms with Gasteiger partial charge in [0, 0.05) is 13.0 Å². The van der Waals surface area contributed by atoms with E-state index in [0.717, 1.165) is 18.4 Å². The average Bonchev–Trinajstić information content (AvgIpc) is 3.07. The summed E-state index contributed by atoms with van der Waals surface area (Å²) in [5.41, 5.74) is 0.937. The molecule has 0 aliphatic carbocycles. The molecule has 1 rings (SSSR count). The van der Waals surface area contributed by atoms with Gasteiger partial charge in [-0.1, -0.05) is 75.8 Å². The van der Waals surface area contributed by atoms with Crippen molar-refractivity contribution in [3.8, 4) is 0 Å². The number of rotatable bonds is 34. The fourth-order valence-corrected chi connectivity index (χ4v) is 3.93. The van der Waals surface area contributed by atoms with Gasteiger partial charge in [0.05, 0.1) is 92.5 Å². The predicted molar refractivity (Wildman–Crippen MR) is 174 cm³/mol. The Balaban J connectivity index is 1.67. The summed E-state index contributed by atoms with van der Waals surface area (Å²) in [5, 5.41) is 2.64. The summed E-state index contributed by atoms with van der Waals surface area (Å²) in [5.74, 6) is -0.145. The topological polar surface area (TPSA) is 129 Å². The maximum absolute atomic E-state index is 11.7. The van der Waals surface area contributed by atoms with E-state index in [-0.39, 0.29) is 19.2 Å². The van der Waals surface area contributed by atoms with Crippen LogP contribution in [-0.4, -0.2) is 118 Å². The Kier molecular flexibility index (Phi) is 30.8. The van der Waals surface area contributed by atoms with Gasteiger partial charge in [0.25, 0.3) is 0 Å². The third-order valence-corrected chi connectivity index (χ3v) is 6.44. The van der Waals surface area contributed by atoms with Gasteiger partial charge >= 0.3 is 12.1 Å². The highest BCUT2D eigenvalue weighted by molar-refractivity contribution is 5.69. The van der Waals surface area contributed by atoms with Crippen LogP contribution in [0.25, 0.3) is 0 Å². The van der Waals surface area contributed by atoms with Crippen molar-refractivity contribution in [2.24, 2.45) is 0 Å². The van der Waals surface area contributed by atoms with E-state index >= 15 is 0 Å². The molecule has 0 unspecified atom stereocenters. The van der Waals surface area contributed by atoms with E-state index in [2.05, 4.69) is 12.2 Å². The Labute approximate surface area is 276 Å². The van der Waals surface area contributed by atoms with Gasteiger partial charge in [-0.2, -0.15) is 0 Å². The van der Waals surface area contributed by atoms with E-state index in [1.165, 1.54) is 32.1 Å². The minimum atomic E-state index is -0.470. The first kappa shape index (κ1) is 41.7. The van der Waals surface area contributed by atoms with Crippen LogP contribution >= 0.6 is 0 Å². The number of esters is 1. The van der Waals surface area contributed by atoms with Crippen molar-refractivity contribution >= 4 is 12.1 Å². The molecule has 12 heteroatoms. The Morgan fingerprint density at radius 3 is 1.46 bits per heavy atom. The maximum atomic E-state index is 11.7. The Morgan fingerprint density at radius 1 is 0.522 bits per heavy atom. The summed E-state index contributed by atoms with van der Waals surface area (Å²) in [6, 6.07) is 9.50. The van der Waals surface area contributed by atoms with Crippen molar-refractivity contribution in [2.45, 2.75) is 64.9 Å². The van der Waals surface area contributed by atoms with E-state index < -0.39 is 6.09 Å². The van der Waals surface area contributed by atoms with E-state index in [0.29, 0.717) is 105 Å². The predicted octanol–water partition coefficient (Wildman–Crippen LogP) is 4.71. The number of ether oxygens (including phenoxy) is 9. The monoisotopic (exact) mass is 657 g/mol. The molecule has 46 heavy (non-hydrogen) atoms. The molecule has 0 spiro atoms. The fraction of sp³-hybridized carbons (Fsp3) is 0.765. The highest BCUT2D eigenvalue weighted by Gasteiger charge is 2.03. The summed E-state index contributed by atoms with van der Waals surface area (Å²) in [4.78, 5) is 23.3. The van der Waals surface area contributed by atoms with Crippen LogP contribution in [0.15, 0.2) is 30.3 Å². The lowest BCUT2D eigenvalue weighted by Gasteiger charge is -2.09. The zero-order valence-corrected chi connectivity index (χ0v) is 28.1. The largest absolute Gasteiger partial charge is 0.463 e. The maximum Gasteiger partial charge on any atom is 0.407 e. The summed E-state index contributed by atoms with van der Waals surface area (Å²) < 4.78 is 48.5. The van der Waals surface area contributed by atoms with Gasteiger partial charge in [-0.15, -0.1) is 0 Å². The number of hydrogen-bond acceptors (Lipinski definition) is 11. The van der Waals surface area contributed by atoms with Crippen molar-refractivity contribution in [1.82, 2.24) is 5.32 Å². The van der Waals surface area contributed by atoms with Gasteiger partial charge in [-0.25, -0.2) is 4.79 Å². The first-order valence-electron chi connectivity index (χ1n) is 16.9. The lowest BCUT2D eigenvalue weighted by molar-refractivity contribution is -0.145. The van der Waals surface area contributed by atoms with Gasteiger partial charge in [-0.05, 0) is 12.0 Å². The van der Waals surface area contributed by atoms with Crippen LogP contribution in [0.5, 0.6) is 0 Å². The van der Waals surface area contributed by atoms with Gasteiger partial charge in [0.2, 0.25) is 0 Å². The van der Waals surface area contributed by atoms with E-state index in [1.807, 2.05) is 30.3 Å². The minimum absolute atomic E-state index is 0.145. The van der Waals surface area contributed by atoms with Crippen LogP contribution < -0.4 is 5.32 Å². The van der Waals surface area contributed by atoms with Crippen LogP contribution in [0.4, 0.5) is 4.79 Å². The molecule has 1 aromatic carbocycles. The van der Waals surface area contributed by atoms with E-state index in [4.69, 9.17) is 42.6 Å². The van der Waals surface area contributed by atoms with Crippen LogP contribution in [-0.2, 0) is 54.0 Å². The quantitative estimate of drug-likeness (QED) is 0.0817. The molecule has 1 N–H and O–H groups in total. The fourth-order valence-electron chi connectivity index (χ4n) is 3.93.